The summed E-state index contributed by atoms with van der Waals surface area (Å²) in [6.07, 6.45) is -0.401. The van der Waals surface area contributed by atoms with E-state index in [2.05, 4.69) is 10.6 Å². The normalized spacial score (nSPS) is 19.9. The third-order valence-corrected chi connectivity index (χ3v) is 4.23. The summed E-state index contributed by atoms with van der Waals surface area (Å²) in [7, 11) is 0. The third kappa shape index (κ3) is 4.13. The Morgan fingerprint density at radius 3 is 2.62 bits per heavy atom. The zero-order valence-electron chi connectivity index (χ0n) is 13.4. The summed E-state index contributed by atoms with van der Waals surface area (Å²) in [4.78, 5) is 12.5. The van der Waals surface area contributed by atoms with Crippen LogP contribution in [0.2, 0.25) is 0 Å². The summed E-state index contributed by atoms with van der Waals surface area (Å²) in [5.74, 6) is 0.691. The molecule has 1 saturated heterocycles. The van der Waals surface area contributed by atoms with Crippen molar-refractivity contribution < 1.29 is 14.6 Å². The first kappa shape index (κ1) is 16.5. The predicted molar refractivity (Wildman–Crippen MR) is 91.9 cm³/mol. The van der Waals surface area contributed by atoms with Crippen molar-refractivity contribution in [2.75, 3.05) is 19.6 Å². The van der Waals surface area contributed by atoms with Gasteiger partial charge in [0.15, 0.2) is 0 Å². The van der Waals surface area contributed by atoms with Gasteiger partial charge in [0.05, 0.1) is 6.10 Å². The molecule has 3 rings (SSSR count). The zero-order chi connectivity index (χ0) is 16.8. The second-order valence-electron chi connectivity index (χ2n) is 5.95. The molecular formula is C19H22N2O3. The van der Waals surface area contributed by atoms with Crippen LogP contribution in [0.3, 0.4) is 0 Å². The van der Waals surface area contributed by atoms with Gasteiger partial charge in [-0.1, -0.05) is 36.4 Å². The van der Waals surface area contributed by atoms with Crippen LogP contribution in [0.5, 0.6) is 5.75 Å². The minimum absolute atomic E-state index is 0.0571. The summed E-state index contributed by atoms with van der Waals surface area (Å²) < 4.78 is 5.75. The highest BCUT2D eigenvalue weighted by Crippen LogP contribution is 2.15. The Kier molecular flexibility index (Phi) is 5.46. The number of carbonyl (C=O) groups excluding carboxylic acids is 1. The Labute approximate surface area is 141 Å². The number of hydrogen-bond donors (Lipinski definition) is 3. The van der Waals surface area contributed by atoms with Gasteiger partial charge in [0.25, 0.3) is 5.91 Å². The molecule has 2 aromatic carbocycles. The fourth-order valence-electron chi connectivity index (χ4n) is 2.79. The highest BCUT2D eigenvalue weighted by Gasteiger charge is 2.25. The van der Waals surface area contributed by atoms with Crippen molar-refractivity contribution in [3.05, 3.63) is 65.7 Å². The van der Waals surface area contributed by atoms with Gasteiger partial charge in [-0.15, -0.1) is 0 Å². The van der Waals surface area contributed by atoms with Gasteiger partial charge in [-0.3, -0.25) is 4.79 Å². The molecule has 2 aromatic rings. The molecule has 0 saturated carbocycles. The quantitative estimate of drug-likeness (QED) is 0.754. The van der Waals surface area contributed by atoms with Crippen molar-refractivity contribution in [1.82, 2.24) is 10.6 Å². The van der Waals surface area contributed by atoms with Gasteiger partial charge < -0.3 is 20.5 Å². The summed E-state index contributed by atoms with van der Waals surface area (Å²) in [6, 6.07) is 16.9. The van der Waals surface area contributed by atoms with Crippen LogP contribution in [0, 0.1) is 5.92 Å². The number of carbonyl (C=O) groups is 1. The van der Waals surface area contributed by atoms with Crippen molar-refractivity contribution in [2.24, 2.45) is 5.92 Å². The van der Waals surface area contributed by atoms with Crippen LogP contribution < -0.4 is 15.4 Å². The van der Waals surface area contributed by atoms with Crippen LogP contribution in [0.4, 0.5) is 0 Å². The minimum atomic E-state index is -0.401. The van der Waals surface area contributed by atoms with Gasteiger partial charge >= 0.3 is 0 Å². The molecule has 3 N–H and O–H groups in total. The molecule has 5 heteroatoms. The molecule has 1 heterocycles. The van der Waals surface area contributed by atoms with E-state index in [9.17, 15) is 9.90 Å². The lowest BCUT2D eigenvalue weighted by Gasteiger charge is -2.15. The van der Waals surface area contributed by atoms with Gasteiger partial charge in [-0.2, -0.15) is 0 Å². The molecule has 0 aliphatic carbocycles. The van der Waals surface area contributed by atoms with Crippen LogP contribution in [0.25, 0.3) is 0 Å². The number of rotatable bonds is 6. The largest absolute Gasteiger partial charge is 0.489 e. The Morgan fingerprint density at radius 2 is 1.88 bits per heavy atom. The van der Waals surface area contributed by atoms with E-state index in [1.165, 1.54) is 0 Å². The Balaban J connectivity index is 1.61. The summed E-state index contributed by atoms with van der Waals surface area (Å²) in [6.45, 7) is 2.10. The molecule has 24 heavy (non-hydrogen) atoms. The van der Waals surface area contributed by atoms with Crippen LogP contribution in [-0.2, 0) is 6.61 Å². The molecule has 1 aliphatic rings. The summed E-state index contributed by atoms with van der Waals surface area (Å²) >= 11 is 0. The maximum atomic E-state index is 12.5. The maximum Gasteiger partial charge on any atom is 0.251 e. The topological polar surface area (TPSA) is 70.6 Å². The lowest BCUT2D eigenvalue weighted by molar-refractivity contribution is 0.0924. The van der Waals surface area contributed by atoms with Crippen molar-refractivity contribution in [1.29, 1.82) is 0 Å². The molecule has 1 amide bonds. The van der Waals surface area contributed by atoms with E-state index in [1.807, 2.05) is 48.5 Å². The number of aliphatic hydroxyl groups is 1. The standard InChI is InChI=1S/C19H22N2O3/c22-18-12-20-10-15(18)11-21-19(23)17-9-5-4-6-14(17)13-24-16-7-2-1-3-8-16/h1-9,15,18,20,22H,10-13H2,(H,21,23). The first-order valence-corrected chi connectivity index (χ1v) is 8.17. The number of nitrogens with one attached hydrogen (secondary N) is 2. The maximum absolute atomic E-state index is 12.5. The van der Waals surface area contributed by atoms with Gasteiger partial charge in [0.2, 0.25) is 0 Å². The number of amides is 1. The number of para-hydroxylation sites is 1. The zero-order valence-corrected chi connectivity index (χ0v) is 13.4. The molecule has 126 valence electrons. The van der Waals surface area contributed by atoms with Gasteiger partial charge in [0.1, 0.15) is 12.4 Å². The van der Waals surface area contributed by atoms with E-state index in [4.69, 9.17) is 4.74 Å². The van der Waals surface area contributed by atoms with Gasteiger partial charge in [-0.25, -0.2) is 0 Å². The van der Waals surface area contributed by atoms with E-state index in [-0.39, 0.29) is 11.8 Å². The van der Waals surface area contributed by atoms with Crippen LogP contribution in [-0.4, -0.2) is 36.8 Å². The molecule has 1 aliphatic heterocycles. The lowest BCUT2D eigenvalue weighted by atomic mass is 10.0. The van der Waals surface area contributed by atoms with E-state index < -0.39 is 6.10 Å². The first-order valence-electron chi connectivity index (χ1n) is 8.17. The van der Waals surface area contributed by atoms with E-state index >= 15 is 0 Å². The molecular weight excluding hydrogens is 304 g/mol. The Bertz CT molecular complexity index is 675. The SMILES string of the molecule is O=C(NCC1CNCC1O)c1ccccc1COc1ccccc1. The van der Waals surface area contributed by atoms with Crippen molar-refractivity contribution in [3.8, 4) is 5.75 Å². The molecule has 0 spiro atoms. The average molecular weight is 326 g/mol. The van der Waals surface area contributed by atoms with Crippen LogP contribution in [0.15, 0.2) is 54.6 Å². The fourth-order valence-corrected chi connectivity index (χ4v) is 2.79. The molecule has 0 bridgehead atoms. The van der Waals surface area contributed by atoms with Crippen LogP contribution in [0.1, 0.15) is 15.9 Å². The Morgan fingerprint density at radius 1 is 1.12 bits per heavy atom. The molecule has 1 fully saturated rings. The monoisotopic (exact) mass is 326 g/mol. The number of ether oxygens (including phenoxy) is 1. The van der Waals surface area contributed by atoms with Crippen molar-refractivity contribution in [2.45, 2.75) is 12.7 Å². The summed E-state index contributed by atoms with van der Waals surface area (Å²) in [5, 5.41) is 15.8. The highest BCUT2D eigenvalue weighted by atomic mass is 16.5. The number of hydrogen-bond acceptors (Lipinski definition) is 4. The second kappa shape index (κ2) is 7.95. The first-order chi connectivity index (χ1) is 11.7. The number of benzene rings is 2. The average Bonchev–Trinajstić information content (AvgIpc) is 3.04. The molecule has 5 nitrogen and oxygen atoms in total. The molecule has 2 atom stereocenters. The highest BCUT2D eigenvalue weighted by molar-refractivity contribution is 5.95. The number of aliphatic hydroxyl groups excluding tert-OH is 1. The lowest BCUT2D eigenvalue weighted by Crippen LogP contribution is -2.34. The van der Waals surface area contributed by atoms with E-state index in [1.54, 1.807) is 6.07 Å². The van der Waals surface area contributed by atoms with Crippen LogP contribution >= 0.6 is 0 Å². The van der Waals surface area contributed by atoms with Gasteiger partial charge in [-0.05, 0) is 18.2 Å². The third-order valence-electron chi connectivity index (χ3n) is 4.23. The van der Waals surface area contributed by atoms with Gasteiger partial charge in [0, 0.05) is 36.7 Å². The molecule has 2 unspecified atom stereocenters. The molecule has 0 aromatic heterocycles. The minimum Gasteiger partial charge on any atom is -0.489 e. The van der Waals surface area contributed by atoms with E-state index in [0.717, 1.165) is 17.9 Å². The number of β-amino-alcohol motifs (C(OH)–C–C–N with tert-alkyl or cyclic N) is 1. The van der Waals surface area contributed by atoms with Crippen molar-refractivity contribution >= 4 is 5.91 Å². The fraction of sp³-hybridized carbons (Fsp3) is 0.316. The van der Waals surface area contributed by atoms with E-state index in [0.29, 0.717) is 25.3 Å². The Hall–Kier alpha value is -2.37. The second-order valence-corrected chi connectivity index (χ2v) is 5.95. The summed E-state index contributed by atoms with van der Waals surface area (Å²) in [5.41, 5.74) is 1.44. The smallest absolute Gasteiger partial charge is 0.251 e. The molecule has 0 radical (unpaired) electrons. The predicted octanol–water partition coefficient (Wildman–Crippen LogP) is 1.58. The van der Waals surface area contributed by atoms with Crippen molar-refractivity contribution in [3.63, 3.8) is 0 Å².